The molecule has 1 aliphatic rings. The smallest absolute Gasteiger partial charge is 0.228 e. The monoisotopic (exact) mass is 227 g/mol. The minimum atomic E-state index is -0.631. The molecule has 0 radical (unpaired) electrons. The van der Waals surface area contributed by atoms with E-state index in [0.29, 0.717) is 6.54 Å². The van der Waals surface area contributed by atoms with Gasteiger partial charge in [0.2, 0.25) is 5.91 Å². The van der Waals surface area contributed by atoms with Gasteiger partial charge in [0.1, 0.15) is 0 Å². The second-order valence-electron chi connectivity index (χ2n) is 5.83. The number of rotatable bonds is 4. The van der Waals surface area contributed by atoms with Crippen molar-refractivity contribution in [3.8, 4) is 0 Å². The van der Waals surface area contributed by atoms with Gasteiger partial charge in [-0.05, 0) is 19.3 Å². The SMILES string of the molecule is CCC(C)(C)C(=O)N(C)CC1(O)CCCC1. The zero-order valence-corrected chi connectivity index (χ0v) is 11.0. The maximum atomic E-state index is 12.1. The zero-order valence-electron chi connectivity index (χ0n) is 11.0. The van der Waals surface area contributed by atoms with Gasteiger partial charge in [-0.2, -0.15) is 0 Å². The van der Waals surface area contributed by atoms with Gasteiger partial charge in [-0.15, -0.1) is 0 Å². The average Bonchev–Trinajstić information content (AvgIpc) is 2.63. The van der Waals surface area contributed by atoms with E-state index in [1.807, 2.05) is 20.8 Å². The predicted molar refractivity (Wildman–Crippen MR) is 65.1 cm³/mol. The molecule has 0 atom stereocenters. The third kappa shape index (κ3) is 2.97. The van der Waals surface area contributed by atoms with Gasteiger partial charge in [-0.1, -0.05) is 33.6 Å². The lowest BCUT2D eigenvalue weighted by molar-refractivity contribution is -0.142. The van der Waals surface area contributed by atoms with Gasteiger partial charge in [0, 0.05) is 19.0 Å². The molecule has 1 fully saturated rings. The molecule has 0 aromatic carbocycles. The Bertz CT molecular complexity index is 255. The Balaban J connectivity index is 2.58. The molecule has 1 aliphatic carbocycles. The molecule has 1 saturated carbocycles. The molecule has 0 aliphatic heterocycles. The second kappa shape index (κ2) is 4.74. The highest BCUT2D eigenvalue weighted by molar-refractivity contribution is 5.81. The molecule has 3 heteroatoms. The van der Waals surface area contributed by atoms with E-state index in [9.17, 15) is 9.90 Å². The van der Waals surface area contributed by atoms with Crippen molar-refractivity contribution in [3.63, 3.8) is 0 Å². The molecule has 94 valence electrons. The van der Waals surface area contributed by atoms with Crippen LogP contribution in [0.1, 0.15) is 52.9 Å². The molecule has 3 nitrogen and oxygen atoms in total. The molecule has 0 aromatic rings. The standard InChI is InChI=1S/C13H25NO2/c1-5-12(2,3)11(15)14(4)10-13(16)8-6-7-9-13/h16H,5-10H2,1-4H3. The Morgan fingerprint density at radius 2 is 1.88 bits per heavy atom. The minimum absolute atomic E-state index is 0.135. The molecular weight excluding hydrogens is 202 g/mol. The molecule has 0 spiro atoms. The van der Waals surface area contributed by atoms with Gasteiger partial charge in [0.25, 0.3) is 0 Å². The van der Waals surface area contributed by atoms with Gasteiger partial charge in [-0.3, -0.25) is 4.79 Å². The lowest BCUT2D eigenvalue weighted by Gasteiger charge is -2.33. The van der Waals surface area contributed by atoms with Crippen LogP contribution in [0.15, 0.2) is 0 Å². The first-order chi connectivity index (χ1) is 7.31. The number of hydrogen-bond acceptors (Lipinski definition) is 2. The van der Waals surface area contributed by atoms with E-state index in [-0.39, 0.29) is 11.3 Å². The summed E-state index contributed by atoms with van der Waals surface area (Å²) >= 11 is 0. The van der Waals surface area contributed by atoms with Crippen molar-refractivity contribution in [2.24, 2.45) is 5.41 Å². The fraction of sp³-hybridized carbons (Fsp3) is 0.923. The zero-order chi connectivity index (χ0) is 12.4. The molecule has 16 heavy (non-hydrogen) atoms. The van der Waals surface area contributed by atoms with Gasteiger partial charge in [-0.25, -0.2) is 0 Å². The summed E-state index contributed by atoms with van der Waals surface area (Å²) in [6, 6.07) is 0. The van der Waals surface area contributed by atoms with Gasteiger partial charge in [0.05, 0.1) is 5.60 Å². The van der Waals surface area contributed by atoms with E-state index in [2.05, 4.69) is 0 Å². The van der Waals surface area contributed by atoms with Crippen LogP contribution in [0.3, 0.4) is 0 Å². The number of carbonyl (C=O) groups excluding carboxylic acids is 1. The molecule has 0 unspecified atom stereocenters. The van der Waals surface area contributed by atoms with Crippen LogP contribution < -0.4 is 0 Å². The average molecular weight is 227 g/mol. The summed E-state index contributed by atoms with van der Waals surface area (Å²) in [5.41, 5.74) is -0.946. The maximum absolute atomic E-state index is 12.1. The summed E-state index contributed by atoms with van der Waals surface area (Å²) in [6.45, 7) is 6.43. The lowest BCUT2D eigenvalue weighted by atomic mass is 9.88. The lowest BCUT2D eigenvalue weighted by Crippen LogP contribution is -2.46. The first-order valence-electron chi connectivity index (χ1n) is 6.29. The summed E-state index contributed by atoms with van der Waals surface area (Å²) in [6.07, 6.45) is 4.65. The Labute approximate surface area is 98.8 Å². The Morgan fingerprint density at radius 1 is 1.38 bits per heavy atom. The van der Waals surface area contributed by atoms with E-state index in [1.54, 1.807) is 11.9 Å². The van der Waals surface area contributed by atoms with Crippen LogP contribution in [-0.4, -0.2) is 35.1 Å². The van der Waals surface area contributed by atoms with Crippen LogP contribution in [0.4, 0.5) is 0 Å². The Hall–Kier alpha value is -0.570. The Kier molecular flexibility index (Phi) is 4.00. The van der Waals surface area contributed by atoms with Crippen molar-refractivity contribution < 1.29 is 9.90 Å². The maximum Gasteiger partial charge on any atom is 0.228 e. The van der Waals surface area contributed by atoms with Crippen LogP contribution in [0, 0.1) is 5.41 Å². The third-order valence-electron chi connectivity index (χ3n) is 3.88. The third-order valence-corrected chi connectivity index (χ3v) is 3.88. The largest absolute Gasteiger partial charge is 0.388 e. The van der Waals surface area contributed by atoms with Gasteiger partial charge in [0.15, 0.2) is 0 Å². The van der Waals surface area contributed by atoms with Crippen LogP contribution >= 0.6 is 0 Å². The minimum Gasteiger partial charge on any atom is -0.388 e. The molecule has 1 rings (SSSR count). The molecular formula is C13H25NO2. The Morgan fingerprint density at radius 3 is 2.31 bits per heavy atom. The van der Waals surface area contributed by atoms with E-state index >= 15 is 0 Å². The topological polar surface area (TPSA) is 40.5 Å². The van der Waals surface area contributed by atoms with E-state index < -0.39 is 5.60 Å². The van der Waals surface area contributed by atoms with Crippen molar-refractivity contribution in [3.05, 3.63) is 0 Å². The number of carbonyl (C=O) groups is 1. The summed E-state index contributed by atoms with van der Waals surface area (Å²) in [7, 11) is 1.80. The fourth-order valence-corrected chi connectivity index (χ4v) is 2.37. The van der Waals surface area contributed by atoms with E-state index in [4.69, 9.17) is 0 Å². The highest BCUT2D eigenvalue weighted by Gasteiger charge is 2.36. The number of amides is 1. The normalized spacial score (nSPS) is 19.8. The number of likely N-dealkylation sites (N-methyl/N-ethyl adjacent to an activating group) is 1. The van der Waals surface area contributed by atoms with Crippen LogP contribution in [-0.2, 0) is 4.79 Å². The molecule has 0 bridgehead atoms. The summed E-state index contributed by atoms with van der Waals surface area (Å²) < 4.78 is 0. The molecule has 1 amide bonds. The van der Waals surface area contributed by atoms with Crippen molar-refractivity contribution in [1.29, 1.82) is 0 Å². The summed E-state index contributed by atoms with van der Waals surface area (Å²) in [5.74, 6) is 0.135. The predicted octanol–water partition coefficient (Wildman–Crippen LogP) is 2.19. The summed E-state index contributed by atoms with van der Waals surface area (Å²) in [5, 5.41) is 10.3. The molecule has 0 saturated heterocycles. The first-order valence-corrected chi connectivity index (χ1v) is 6.29. The number of hydrogen-bond donors (Lipinski definition) is 1. The van der Waals surface area contributed by atoms with Crippen molar-refractivity contribution in [2.75, 3.05) is 13.6 Å². The molecule has 0 heterocycles. The first kappa shape index (κ1) is 13.5. The summed E-state index contributed by atoms with van der Waals surface area (Å²) in [4.78, 5) is 13.8. The van der Waals surface area contributed by atoms with Crippen molar-refractivity contribution in [2.45, 2.75) is 58.5 Å². The van der Waals surface area contributed by atoms with Crippen molar-refractivity contribution in [1.82, 2.24) is 4.90 Å². The van der Waals surface area contributed by atoms with Gasteiger partial charge >= 0.3 is 0 Å². The van der Waals surface area contributed by atoms with E-state index in [0.717, 1.165) is 32.1 Å². The van der Waals surface area contributed by atoms with Crippen molar-refractivity contribution >= 4 is 5.91 Å². The second-order valence-corrected chi connectivity index (χ2v) is 5.83. The molecule has 0 aromatic heterocycles. The fourth-order valence-electron chi connectivity index (χ4n) is 2.37. The number of aliphatic hydroxyl groups is 1. The van der Waals surface area contributed by atoms with Crippen LogP contribution in [0.2, 0.25) is 0 Å². The highest BCUT2D eigenvalue weighted by atomic mass is 16.3. The quantitative estimate of drug-likeness (QED) is 0.799. The highest BCUT2D eigenvalue weighted by Crippen LogP contribution is 2.31. The number of nitrogens with zero attached hydrogens (tertiary/aromatic N) is 1. The van der Waals surface area contributed by atoms with Crippen LogP contribution in [0.5, 0.6) is 0 Å². The van der Waals surface area contributed by atoms with Crippen LogP contribution in [0.25, 0.3) is 0 Å². The molecule has 1 N–H and O–H groups in total. The van der Waals surface area contributed by atoms with E-state index in [1.165, 1.54) is 0 Å². The van der Waals surface area contributed by atoms with Gasteiger partial charge < -0.3 is 10.0 Å².